The van der Waals surface area contributed by atoms with Crippen LogP contribution >= 0.6 is 27.5 Å². The number of hydrogen-bond donors (Lipinski definition) is 1. The number of rotatable bonds is 4. The van der Waals surface area contributed by atoms with Gasteiger partial charge in [0.25, 0.3) is 0 Å². The minimum Gasteiger partial charge on any atom is -0.381 e. The Morgan fingerprint density at radius 2 is 2.06 bits per heavy atom. The SMILES string of the molecule is Fc1cc(Br)cc(CNC2(CCl)CCOCC2)c1. The fourth-order valence-corrected chi connectivity index (χ4v) is 3.00. The van der Waals surface area contributed by atoms with Gasteiger partial charge in [0, 0.05) is 35.7 Å². The van der Waals surface area contributed by atoms with Crippen LogP contribution in [0.1, 0.15) is 18.4 Å². The lowest BCUT2D eigenvalue weighted by Crippen LogP contribution is -2.50. The van der Waals surface area contributed by atoms with Crippen molar-refractivity contribution in [3.63, 3.8) is 0 Å². The molecule has 1 aromatic rings. The summed E-state index contributed by atoms with van der Waals surface area (Å²) in [5, 5.41) is 3.46. The monoisotopic (exact) mass is 335 g/mol. The molecule has 5 heteroatoms. The number of hydrogen-bond acceptors (Lipinski definition) is 2. The first-order chi connectivity index (χ1) is 8.63. The van der Waals surface area contributed by atoms with E-state index in [2.05, 4.69) is 21.2 Å². The summed E-state index contributed by atoms with van der Waals surface area (Å²) in [5.41, 5.74) is 0.830. The molecule has 0 aromatic heterocycles. The van der Waals surface area contributed by atoms with E-state index in [9.17, 15) is 4.39 Å². The third-order valence-electron chi connectivity index (χ3n) is 3.30. The predicted molar refractivity (Wildman–Crippen MR) is 74.4 cm³/mol. The molecule has 18 heavy (non-hydrogen) atoms. The van der Waals surface area contributed by atoms with E-state index >= 15 is 0 Å². The summed E-state index contributed by atoms with van der Waals surface area (Å²) in [6.45, 7) is 2.07. The molecule has 0 atom stereocenters. The normalized spacial score (nSPS) is 18.8. The van der Waals surface area contributed by atoms with Gasteiger partial charge in [-0.2, -0.15) is 0 Å². The lowest BCUT2D eigenvalue weighted by Gasteiger charge is -2.36. The van der Waals surface area contributed by atoms with Crippen molar-refractivity contribution in [2.45, 2.75) is 24.9 Å². The van der Waals surface area contributed by atoms with Crippen LogP contribution in [0.4, 0.5) is 4.39 Å². The topological polar surface area (TPSA) is 21.3 Å². The fourth-order valence-electron chi connectivity index (χ4n) is 2.12. The Bertz CT molecular complexity index is 390. The van der Waals surface area contributed by atoms with E-state index in [0.717, 1.165) is 36.1 Å². The van der Waals surface area contributed by atoms with Gasteiger partial charge in [-0.3, -0.25) is 0 Å². The van der Waals surface area contributed by atoms with Crippen LogP contribution in [0.15, 0.2) is 22.7 Å². The van der Waals surface area contributed by atoms with Gasteiger partial charge >= 0.3 is 0 Å². The Kier molecular flexibility index (Phi) is 5.01. The average Bonchev–Trinajstić information content (AvgIpc) is 2.36. The van der Waals surface area contributed by atoms with E-state index in [1.165, 1.54) is 6.07 Å². The molecule has 2 rings (SSSR count). The quantitative estimate of drug-likeness (QED) is 0.850. The molecule has 0 bridgehead atoms. The van der Waals surface area contributed by atoms with Crippen molar-refractivity contribution >= 4 is 27.5 Å². The van der Waals surface area contributed by atoms with Crippen LogP contribution in [-0.4, -0.2) is 24.6 Å². The maximum Gasteiger partial charge on any atom is 0.124 e. The molecule has 1 saturated heterocycles. The van der Waals surface area contributed by atoms with Gasteiger partial charge in [-0.15, -0.1) is 11.6 Å². The number of ether oxygens (including phenoxy) is 1. The van der Waals surface area contributed by atoms with Crippen LogP contribution in [-0.2, 0) is 11.3 Å². The van der Waals surface area contributed by atoms with Gasteiger partial charge < -0.3 is 10.1 Å². The molecule has 0 unspecified atom stereocenters. The molecule has 0 spiro atoms. The molecule has 1 fully saturated rings. The van der Waals surface area contributed by atoms with Crippen LogP contribution in [0.3, 0.4) is 0 Å². The summed E-state index contributed by atoms with van der Waals surface area (Å²) in [7, 11) is 0. The van der Waals surface area contributed by atoms with Crippen molar-refractivity contribution in [1.29, 1.82) is 0 Å². The maximum absolute atomic E-state index is 13.3. The van der Waals surface area contributed by atoms with Crippen molar-refractivity contribution in [3.8, 4) is 0 Å². The van der Waals surface area contributed by atoms with Crippen LogP contribution < -0.4 is 5.32 Å². The Morgan fingerprint density at radius 1 is 1.33 bits per heavy atom. The van der Waals surface area contributed by atoms with E-state index in [-0.39, 0.29) is 11.4 Å². The minimum atomic E-state index is -0.229. The van der Waals surface area contributed by atoms with Crippen LogP contribution in [0.5, 0.6) is 0 Å². The molecule has 2 nitrogen and oxygen atoms in total. The maximum atomic E-state index is 13.3. The Labute approximate surface area is 120 Å². The predicted octanol–water partition coefficient (Wildman–Crippen LogP) is 3.47. The first kappa shape index (κ1) is 14.3. The smallest absolute Gasteiger partial charge is 0.124 e. The first-order valence-corrected chi connectivity index (χ1v) is 7.30. The van der Waals surface area contributed by atoms with E-state index in [0.29, 0.717) is 12.4 Å². The highest BCUT2D eigenvalue weighted by molar-refractivity contribution is 9.10. The van der Waals surface area contributed by atoms with E-state index in [1.54, 1.807) is 6.07 Å². The minimum absolute atomic E-state index is 0.0847. The molecular weight excluding hydrogens is 321 g/mol. The Hall–Kier alpha value is -0.160. The van der Waals surface area contributed by atoms with E-state index in [1.807, 2.05) is 6.07 Å². The Balaban J connectivity index is 2.00. The van der Waals surface area contributed by atoms with Gasteiger partial charge in [0.05, 0.1) is 0 Å². The van der Waals surface area contributed by atoms with Gasteiger partial charge in [0.1, 0.15) is 5.82 Å². The van der Waals surface area contributed by atoms with Crippen molar-refractivity contribution < 1.29 is 9.13 Å². The fraction of sp³-hybridized carbons (Fsp3) is 0.538. The number of halogens is 3. The highest BCUT2D eigenvalue weighted by atomic mass is 79.9. The largest absolute Gasteiger partial charge is 0.381 e. The van der Waals surface area contributed by atoms with Gasteiger partial charge in [-0.1, -0.05) is 15.9 Å². The highest BCUT2D eigenvalue weighted by Crippen LogP contribution is 2.23. The summed E-state index contributed by atoms with van der Waals surface area (Å²) in [5.74, 6) is 0.320. The Morgan fingerprint density at radius 3 is 2.67 bits per heavy atom. The summed E-state index contributed by atoms with van der Waals surface area (Å²) in [6.07, 6.45) is 1.79. The molecule has 1 heterocycles. The number of benzene rings is 1. The zero-order chi connectivity index (χ0) is 13.0. The lowest BCUT2D eigenvalue weighted by atomic mass is 9.92. The molecule has 1 aliphatic heterocycles. The molecule has 1 N–H and O–H groups in total. The van der Waals surface area contributed by atoms with Gasteiger partial charge in [-0.25, -0.2) is 4.39 Å². The van der Waals surface area contributed by atoms with Crippen molar-refractivity contribution in [2.75, 3.05) is 19.1 Å². The molecule has 1 aromatic carbocycles. The lowest BCUT2D eigenvalue weighted by molar-refractivity contribution is 0.0459. The average molecular weight is 337 g/mol. The molecule has 1 aliphatic rings. The molecule has 0 amide bonds. The van der Waals surface area contributed by atoms with Crippen molar-refractivity contribution in [3.05, 3.63) is 34.1 Å². The summed E-state index contributed by atoms with van der Waals surface area (Å²) < 4.78 is 19.4. The van der Waals surface area contributed by atoms with Gasteiger partial charge in [0.2, 0.25) is 0 Å². The van der Waals surface area contributed by atoms with Crippen LogP contribution in [0.2, 0.25) is 0 Å². The molecule has 0 radical (unpaired) electrons. The molecular formula is C13H16BrClFNO. The van der Waals surface area contributed by atoms with Crippen LogP contribution in [0, 0.1) is 5.82 Å². The molecule has 0 aliphatic carbocycles. The molecule has 100 valence electrons. The van der Waals surface area contributed by atoms with E-state index in [4.69, 9.17) is 16.3 Å². The third-order valence-corrected chi connectivity index (χ3v) is 4.26. The van der Waals surface area contributed by atoms with Crippen LogP contribution in [0.25, 0.3) is 0 Å². The highest BCUT2D eigenvalue weighted by Gasteiger charge is 2.30. The third kappa shape index (κ3) is 3.67. The number of nitrogens with one attached hydrogen (secondary N) is 1. The zero-order valence-corrected chi connectivity index (χ0v) is 12.4. The number of alkyl halides is 1. The standard InChI is InChI=1S/C13H16BrClFNO/c14-11-5-10(6-12(16)7-11)8-17-13(9-15)1-3-18-4-2-13/h5-7,17H,1-4,8-9H2. The summed E-state index contributed by atoms with van der Waals surface area (Å²) in [6, 6.07) is 4.91. The molecule has 0 saturated carbocycles. The van der Waals surface area contributed by atoms with E-state index < -0.39 is 0 Å². The summed E-state index contributed by atoms with van der Waals surface area (Å²) in [4.78, 5) is 0. The second kappa shape index (κ2) is 6.33. The second-order valence-electron chi connectivity index (χ2n) is 4.66. The first-order valence-electron chi connectivity index (χ1n) is 5.97. The van der Waals surface area contributed by atoms with Crippen molar-refractivity contribution in [2.24, 2.45) is 0 Å². The second-order valence-corrected chi connectivity index (χ2v) is 5.84. The van der Waals surface area contributed by atoms with Crippen molar-refractivity contribution in [1.82, 2.24) is 5.32 Å². The summed E-state index contributed by atoms with van der Waals surface area (Å²) >= 11 is 9.36. The van der Waals surface area contributed by atoms with Gasteiger partial charge in [0.15, 0.2) is 0 Å². The zero-order valence-electron chi connectivity index (χ0n) is 10.0. The van der Waals surface area contributed by atoms with Gasteiger partial charge in [-0.05, 0) is 36.6 Å².